The monoisotopic (exact) mass is 355 g/mol. The molecule has 1 heterocycles. The Morgan fingerprint density at radius 2 is 1.62 bits per heavy atom. The standard InChI is InChI=1S/C18H17N3O5/c22-17(14-6-2-4-8-16(14)21(24)25)19-15-7-3-1-5-13(15)18(23)20-9-11-26-12-10-20/h1-8H,9-12H2,(H,19,22). The molecule has 1 fully saturated rings. The summed E-state index contributed by atoms with van der Waals surface area (Å²) in [5.41, 5.74) is 0.293. The van der Waals surface area contributed by atoms with E-state index < -0.39 is 10.8 Å². The predicted molar refractivity (Wildman–Crippen MR) is 94.2 cm³/mol. The summed E-state index contributed by atoms with van der Waals surface area (Å²) in [6.45, 7) is 1.89. The van der Waals surface area contributed by atoms with E-state index in [4.69, 9.17) is 4.74 Å². The third-order valence-corrected chi connectivity index (χ3v) is 4.05. The van der Waals surface area contributed by atoms with Crippen LogP contribution in [0.4, 0.5) is 11.4 Å². The van der Waals surface area contributed by atoms with Gasteiger partial charge < -0.3 is 15.0 Å². The second kappa shape index (κ2) is 7.75. The highest BCUT2D eigenvalue weighted by Gasteiger charge is 2.24. The maximum absolute atomic E-state index is 12.7. The Labute approximate surface area is 149 Å². The van der Waals surface area contributed by atoms with Crippen molar-refractivity contribution >= 4 is 23.2 Å². The number of carbonyl (C=O) groups excluding carboxylic acids is 2. The molecular weight excluding hydrogens is 338 g/mol. The number of ether oxygens (including phenoxy) is 1. The third kappa shape index (κ3) is 3.70. The number of anilines is 1. The minimum atomic E-state index is -0.639. The van der Waals surface area contributed by atoms with Crippen molar-refractivity contribution in [2.24, 2.45) is 0 Å². The van der Waals surface area contributed by atoms with Crippen LogP contribution in [0.3, 0.4) is 0 Å². The Morgan fingerprint density at radius 1 is 1.00 bits per heavy atom. The molecule has 0 radical (unpaired) electrons. The molecule has 0 atom stereocenters. The summed E-state index contributed by atoms with van der Waals surface area (Å²) < 4.78 is 5.25. The van der Waals surface area contributed by atoms with Gasteiger partial charge in [-0.05, 0) is 18.2 Å². The third-order valence-electron chi connectivity index (χ3n) is 4.05. The van der Waals surface area contributed by atoms with Crippen LogP contribution in [0.5, 0.6) is 0 Å². The number of carbonyl (C=O) groups is 2. The summed E-state index contributed by atoms with van der Waals surface area (Å²) in [5, 5.41) is 13.7. The van der Waals surface area contributed by atoms with Crippen molar-refractivity contribution in [3.05, 3.63) is 69.8 Å². The lowest BCUT2D eigenvalue weighted by molar-refractivity contribution is -0.385. The lowest BCUT2D eigenvalue weighted by Crippen LogP contribution is -2.41. The number of amides is 2. The minimum Gasteiger partial charge on any atom is -0.378 e. The van der Waals surface area contributed by atoms with Crippen LogP contribution in [0.1, 0.15) is 20.7 Å². The molecule has 1 N–H and O–H groups in total. The van der Waals surface area contributed by atoms with Crippen molar-refractivity contribution in [3.8, 4) is 0 Å². The molecule has 0 aromatic heterocycles. The van der Waals surface area contributed by atoms with Gasteiger partial charge in [0.15, 0.2) is 0 Å². The smallest absolute Gasteiger partial charge is 0.282 e. The molecule has 26 heavy (non-hydrogen) atoms. The Hall–Kier alpha value is -3.26. The van der Waals surface area contributed by atoms with Gasteiger partial charge in [-0.1, -0.05) is 24.3 Å². The van der Waals surface area contributed by atoms with Crippen LogP contribution in [0.25, 0.3) is 0 Å². The average Bonchev–Trinajstić information content (AvgIpc) is 2.68. The number of hydrogen-bond acceptors (Lipinski definition) is 5. The summed E-state index contributed by atoms with van der Waals surface area (Å²) in [6.07, 6.45) is 0. The summed E-state index contributed by atoms with van der Waals surface area (Å²) in [7, 11) is 0. The van der Waals surface area contributed by atoms with E-state index >= 15 is 0 Å². The zero-order valence-corrected chi connectivity index (χ0v) is 13.9. The number of nitro benzene ring substituents is 1. The number of hydrogen-bond donors (Lipinski definition) is 1. The fourth-order valence-corrected chi connectivity index (χ4v) is 2.73. The SMILES string of the molecule is O=C(Nc1ccccc1C(=O)N1CCOCC1)c1ccccc1[N+](=O)[O-]. The van der Waals surface area contributed by atoms with Crippen molar-refractivity contribution in [2.75, 3.05) is 31.6 Å². The lowest BCUT2D eigenvalue weighted by atomic mass is 10.1. The maximum Gasteiger partial charge on any atom is 0.282 e. The lowest BCUT2D eigenvalue weighted by Gasteiger charge is -2.27. The van der Waals surface area contributed by atoms with E-state index in [0.29, 0.717) is 37.6 Å². The summed E-state index contributed by atoms with van der Waals surface area (Å²) in [6, 6.07) is 12.3. The first-order valence-electron chi connectivity index (χ1n) is 8.09. The van der Waals surface area contributed by atoms with E-state index in [1.807, 2.05) is 0 Å². The topological polar surface area (TPSA) is 102 Å². The average molecular weight is 355 g/mol. The quantitative estimate of drug-likeness (QED) is 0.670. The molecular formula is C18H17N3O5. The van der Waals surface area contributed by atoms with Crippen LogP contribution < -0.4 is 5.32 Å². The maximum atomic E-state index is 12.7. The van der Waals surface area contributed by atoms with Gasteiger partial charge in [0.25, 0.3) is 17.5 Å². The summed E-state index contributed by atoms with van der Waals surface area (Å²) in [5.74, 6) is -0.855. The summed E-state index contributed by atoms with van der Waals surface area (Å²) >= 11 is 0. The van der Waals surface area contributed by atoms with Gasteiger partial charge in [0.1, 0.15) is 5.56 Å². The molecule has 1 aliphatic rings. The Kier molecular flexibility index (Phi) is 5.23. The molecule has 1 saturated heterocycles. The molecule has 134 valence electrons. The van der Waals surface area contributed by atoms with Crippen LogP contribution >= 0.6 is 0 Å². The van der Waals surface area contributed by atoms with Gasteiger partial charge >= 0.3 is 0 Å². The van der Waals surface area contributed by atoms with Crippen molar-refractivity contribution in [2.45, 2.75) is 0 Å². The fourth-order valence-electron chi connectivity index (χ4n) is 2.73. The molecule has 0 saturated carbocycles. The highest BCUT2D eigenvalue weighted by Crippen LogP contribution is 2.22. The molecule has 0 bridgehead atoms. The second-order valence-electron chi connectivity index (χ2n) is 5.68. The normalized spacial score (nSPS) is 13.9. The van der Waals surface area contributed by atoms with E-state index in [0.717, 1.165) is 0 Å². The van der Waals surface area contributed by atoms with Crippen molar-refractivity contribution in [3.63, 3.8) is 0 Å². The summed E-state index contributed by atoms with van der Waals surface area (Å²) in [4.78, 5) is 37.4. The highest BCUT2D eigenvalue weighted by atomic mass is 16.6. The molecule has 2 aromatic rings. The van der Waals surface area contributed by atoms with Gasteiger partial charge in [-0.25, -0.2) is 0 Å². The number of nitrogens with zero attached hydrogens (tertiary/aromatic N) is 2. The Balaban J connectivity index is 1.86. The van der Waals surface area contributed by atoms with E-state index in [9.17, 15) is 19.7 Å². The molecule has 0 aliphatic carbocycles. The number of morpholine rings is 1. The Bertz CT molecular complexity index is 846. The molecule has 2 aromatic carbocycles. The first-order chi connectivity index (χ1) is 12.6. The largest absolute Gasteiger partial charge is 0.378 e. The van der Waals surface area contributed by atoms with Crippen molar-refractivity contribution < 1.29 is 19.2 Å². The molecule has 8 nitrogen and oxygen atoms in total. The van der Waals surface area contributed by atoms with E-state index in [-0.39, 0.29) is 17.2 Å². The van der Waals surface area contributed by atoms with Gasteiger partial charge in [-0.3, -0.25) is 19.7 Å². The van der Waals surface area contributed by atoms with E-state index in [1.54, 1.807) is 35.2 Å². The predicted octanol–water partition coefficient (Wildman–Crippen LogP) is 2.32. The zero-order chi connectivity index (χ0) is 18.5. The van der Waals surface area contributed by atoms with Crippen LogP contribution in [0.15, 0.2) is 48.5 Å². The van der Waals surface area contributed by atoms with Gasteiger partial charge in [0.2, 0.25) is 0 Å². The Morgan fingerprint density at radius 3 is 2.31 bits per heavy atom. The van der Waals surface area contributed by atoms with Gasteiger partial charge in [0, 0.05) is 19.2 Å². The molecule has 0 unspecified atom stereocenters. The molecule has 2 amide bonds. The molecule has 8 heteroatoms. The molecule has 0 spiro atoms. The van der Waals surface area contributed by atoms with Crippen LogP contribution in [-0.2, 0) is 4.74 Å². The van der Waals surface area contributed by atoms with Gasteiger partial charge in [0.05, 0.1) is 29.4 Å². The van der Waals surface area contributed by atoms with Crippen LogP contribution in [0.2, 0.25) is 0 Å². The van der Waals surface area contributed by atoms with E-state index in [1.165, 1.54) is 18.2 Å². The highest BCUT2D eigenvalue weighted by molar-refractivity contribution is 6.10. The van der Waals surface area contributed by atoms with Crippen LogP contribution in [0, 0.1) is 10.1 Å². The first-order valence-corrected chi connectivity index (χ1v) is 8.09. The van der Waals surface area contributed by atoms with E-state index in [2.05, 4.69) is 5.32 Å². The number of nitro groups is 1. The second-order valence-corrected chi connectivity index (χ2v) is 5.68. The van der Waals surface area contributed by atoms with Crippen molar-refractivity contribution in [1.82, 2.24) is 4.90 Å². The number of benzene rings is 2. The number of para-hydroxylation sites is 2. The first kappa shape index (κ1) is 17.6. The fraction of sp³-hybridized carbons (Fsp3) is 0.222. The van der Waals surface area contributed by atoms with Gasteiger partial charge in [-0.15, -0.1) is 0 Å². The molecule has 1 aliphatic heterocycles. The van der Waals surface area contributed by atoms with Gasteiger partial charge in [-0.2, -0.15) is 0 Å². The zero-order valence-electron chi connectivity index (χ0n) is 13.9. The van der Waals surface area contributed by atoms with Crippen LogP contribution in [-0.4, -0.2) is 47.9 Å². The van der Waals surface area contributed by atoms with Crippen molar-refractivity contribution in [1.29, 1.82) is 0 Å². The minimum absolute atomic E-state index is 0.0638. The number of nitrogens with one attached hydrogen (secondary N) is 1. The molecule has 3 rings (SSSR count). The number of rotatable bonds is 4.